The molecule has 28 heavy (non-hydrogen) atoms. The molecule has 2 aromatic rings. The van der Waals surface area contributed by atoms with Crippen LogP contribution in [0.3, 0.4) is 0 Å². The van der Waals surface area contributed by atoms with E-state index >= 15 is 0 Å². The van der Waals surface area contributed by atoms with Gasteiger partial charge in [-0.15, -0.1) is 0 Å². The first-order valence-corrected chi connectivity index (χ1v) is 11.1. The highest BCUT2D eigenvalue weighted by atomic mass is 32.2. The van der Waals surface area contributed by atoms with E-state index in [0.717, 1.165) is 27.9 Å². The summed E-state index contributed by atoms with van der Waals surface area (Å²) in [5, 5.41) is 3.02. The Morgan fingerprint density at radius 3 is 2.39 bits per heavy atom. The quantitative estimate of drug-likeness (QED) is 0.845. The maximum Gasteiger partial charge on any atom is 0.243 e. The van der Waals surface area contributed by atoms with Crippen molar-refractivity contribution in [3.05, 3.63) is 58.7 Å². The highest BCUT2D eigenvalue weighted by Gasteiger charge is 2.34. The van der Waals surface area contributed by atoms with Crippen molar-refractivity contribution in [1.82, 2.24) is 4.31 Å². The predicted molar refractivity (Wildman–Crippen MR) is 112 cm³/mol. The molecule has 1 N–H and O–H groups in total. The number of carbonyl (C=O) groups is 1. The Morgan fingerprint density at radius 1 is 1.04 bits per heavy atom. The molecule has 0 aliphatic carbocycles. The van der Waals surface area contributed by atoms with E-state index in [0.29, 0.717) is 24.3 Å². The molecular formula is C22H28N2O3S. The molecule has 1 unspecified atom stereocenters. The molecule has 1 fully saturated rings. The lowest BCUT2D eigenvalue weighted by Gasteiger charge is -2.32. The van der Waals surface area contributed by atoms with Crippen LogP contribution in [0.5, 0.6) is 0 Å². The molecule has 0 aromatic heterocycles. The van der Waals surface area contributed by atoms with Gasteiger partial charge in [-0.3, -0.25) is 4.79 Å². The largest absolute Gasteiger partial charge is 0.325 e. The third kappa shape index (κ3) is 4.13. The number of carbonyl (C=O) groups excluding carboxylic acids is 1. The van der Waals surface area contributed by atoms with Gasteiger partial charge in [-0.05, 0) is 68.9 Å². The fourth-order valence-electron chi connectivity index (χ4n) is 3.74. The third-order valence-electron chi connectivity index (χ3n) is 5.45. The van der Waals surface area contributed by atoms with Crippen LogP contribution in [0.2, 0.25) is 0 Å². The van der Waals surface area contributed by atoms with Crippen LogP contribution in [0.15, 0.2) is 41.3 Å². The lowest BCUT2D eigenvalue weighted by Crippen LogP contribution is -2.44. The molecule has 6 heteroatoms. The second-order valence-corrected chi connectivity index (χ2v) is 9.63. The van der Waals surface area contributed by atoms with Gasteiger partial charge < -0.3 is 5.32 Å². The summed E-state index contributed by atoms with van der Waals surface area (Å²) in [7, 11) is -3.62. The Hall–Kier alpha value is -2.18. The molecule has 3 rings (SSSR count). The maximum atomic E-state index is 13.2. The Morgan fingerprint density at radius 2 is 1.71 bits per heavy atom. The average Bonchev–Trinajstić information content (AvgIpc) is 2.66. The van der Waals surface area contributed by atoms with E-state index in [1.165, 1.54) is 4.31 Å². The summed E-state index contributed by atoms with van der Waals surface area (Å²) in [6.07, 6.45) is 1.37. The van der Waals surface area contributed by atoms with E-state index in [2.05, 4.69) is 5.32 Å². The monoisotopic (exact) mass is 400 g/mol. The second kappa shape index (κ2) is 8.05. The first-order valence-electron chi connectivity index (χ1n) is 9.64. The molecule has 1 amide bonds. The molecular weight excluding hydrogens is 372 g/mol. The zero-order chi connectivity index (χ0) is 20.5. The van der Waals surface area contributed by atoms with Gasteiger partial charge in [0, 0.05) is 18.8 Å². The zero-order valence-corrected chi connectivity index (χ0v) is 17.8. The van der Waals surface area contributed by atoms with Gasteiger partial charge in [-0.1, -0.05) is 30.3 Å². The number of nitrogens with one attached hydrogen (secondary N) is 1. The van der Waals surface area contributed by atoms with Crippen LogP contribution in [-0.4, -0.2) is 31.7 Å². The van der Waals surface area contributed by atoms with Crippen molar-refractivity contribution in [2.24, 2.45) is 5.92 Å². The molecule has 150 valence electrons. The molecule has 5 nitrogen and oxygen atoms in total. The third-order valence-corrected chi connectivity index (χ3v) is 7.45. The van der Waals surface area contributed by atoms with Crippen molar-refractivity contribution in [3.8, 4) is 0 Å². The zero-order valence-electron chi connectivity index (χ0n) is 17.0. The highest BCUT2D eigenvalue weighted by molar-refractivity contribution is 7.89. The van der Waals surface area contributed by atoms with Crippen molar-refractivity contribution in [1.29, 1.82) is 0 Å². The summed E-state index contributed by atoms with van der Waals surface area (Å²) in [5.74, 6) is -0.467. The van der Waals surface area contributed by atoms with Crippen LogP contribution >= 0.6 is 0 Å². The summed E-state index contributed by atoms with van der Waals surface area (Å²) in [6, 6.07) is 11.3. The Bertz CT molecular complexity index is 979. The Labute approximate surface area is 167 Å². The van der Waals surface area contributed by atoms with Gasteiger partial charge in [0.2, 0.25) is 15.9 Å². The number of hydrogen-bond donors (Lipinski definition) is 1. The van der Waals surface area contributed by atoms with Gasteiger partial charge >= 0.3 is 0 Å². The topological polar surface area (TPSA) is 66.5 Å². The molecule has 1 aliphatic heterocycles. The maximum absolute atomic E-state index is 13.2. The number of hydrogen-bond acceptors (Lipinski definition) is 3. The van der Waals surface area contributed by atoms with E-state index < -0.39 is 10.0 Å². The number of anilines is 1. The summed E-state index contributed by atoms with van der Waals surface area (Å²) in [6.45, 7) is 8.27. The molecule has 1 heterocycles. The van der Waals surface area contributed by atoms with Crippen molar-refractivity contribution in [2.45, 2.75) is 45.4 Å². The van der Waals surface area contributed by atoms with Gasteiger partial charge in [0.15, 0.2) is 0 Å². The number of aryl methyl sites for hydroxylation is 4. The molecule has 0 saturated carbocycles. The number of rotatable bonds is 4. The molecule has 0 radical (unpaired) electrons. The first-order chi connectivity index (χ1) is 13.2. The number of sulfonamides is 1. The van der Waals surface area contributed by atoms with Crippen LogP contribution in [0.25, 0.3) is 0 Å². The van der Waals surface area contributed by atoms with Crippen LogP contribution in [0.4, 0.5) is 5.69 Å². The van der Waals surface area contributed by atoms with Crippen molar-refractivity contribution < 1.29 is 13.2 Å². The van der Waals surface area contributed by atoms with Crippen LogP contribution in [-0.2, 0) is 14.8 Å². The molecule has 0 bridgehead atoms. The van der Waals surface area contributed by atoms with Gasteiger partial charge in [0.25, 0.3) is 0 Å². The van der Waals surface area contributed by atoms with E-state index in [1.807, 2.05) is 51.1 Å². The lowest BCUT2D eigenvalue weighted by atomic mass is 9.98. The van der Waals surface area contributed by atoms with E-state index in [1.54, 1.807) is 13.0 Å². The molecule has 1 saturated heterocycles. The molecule has 1 atom stereocenters. The minimum Gasteiger partial charge on any atom is -0.325 e. The van der Waals surface area contributed by atoms with Gasteiger partial charge in [-0.2, -0.15) is 4.31 Å². The van der Waals surface area contributed by atoms with Crippen LogP contribution in [0, 0.1) is 33.6 Å². The summed E-state index contributed by atoms with van der Waals surface area (Å²) in [4.78, 5) is 13.2. The fourth-order valence-corrected chi connectivity index (χ4v) is 5.57. The van der Waals surface area contributed by atoms with Crippen LogP contribution < -0.4 is 5.32 Å². The standard InChI is InChI=1S/C22H28N2O3S/c1-15-10-11-16(2)20(13-15)28(26,27)24-12-6-9-19(14-24)22(25)23-21-17(3)7-5-8-18(21)4/h5,7-8,10-11,13,19H,6,9,12,14H2,1-4H3,(H,23,25). The van der Waals surface area contributed by atoms with E-state index in [9.17, 15) is 13.2 Å². The minimum absolute atomic E-state index is 0.113. The second-order valence-electron chi connectivity index (χ2n) is 7.73. The fraction of sp³-hybridized carbons (Fsp3) is 0.409. The Balaban J connectivity index is 1.80. The lowest BCUT2D eigenvalue weighted by molar-refractivity contribution is -0.120. The van der Waals surface area contributed by atoms with E-state index in [4.69, 9.17) is 0 Å². The van der Waals surface area contributed by atoms with Crippen LogP contribution in [0.1, 0.15) is 35.1 Å². The first kappa shape index (κ1) is 20.6. The number of para-hydroxylation sites is 1. The number of piperidine rings is 1. The smallest absolute Gasteiger partial charge is 0.243 e. The summed E-state index contributed by atoms with van der Waals surface area (Å²) >= 11 is 0. The van der Waals surface area contributed by atoms with Crippen molar-refractivity contribution in [3.63, 3.8) is 0 Å². The minimum atomic E-state index is -3.62. The molecule has 0 spiro atoms. The number of benzene rings is 2. The normalized spacial score (nSPS) is 18.1. The van der Waals surface area contributed by atoms with E-state index in [-0.39, 0.29) is 18.4 Å². The summed E-state index contributed by atoms with van der Waals surface area (Å²) in [5.41, 5.74) is 4.47. The van der Waals surface area contributed by atoms with Gasteiger partial charge in [0.1, 0.15) is 0 Å². The average molecular weight is 401 g/mol. The number of nitrogens with zero attached hydrogens (tertiary/aromatic N) is 1. The molecule has 2 aromatic carbocycles. The number of amides is 1. The SMILES string of the molecule is Cc1ccc(C)c(S(=O)(=O)N2CCCC(C(=O)Nc3c(C)cccc3C)C2)c1. The highest BCUT2D eigenvalue weighted by Crippen LogP contribution is 2.28. The predicted octanol–water partition coefficient (Wildman–Crippen LogP) is 3.96. The van der Waals surface area contributed by atoms with Crippen molar-refractivity contribution in [2.75, 3.05) is 18.4 Å². The molecule has 1 aliphatic rings. The van der Waals surface area contributed by atoms with Crippen molar-refractivity contribution >= 4 is 21.6 Å². The Kier molecular flexibility index (Phi) is 5.91. The van der Waals surface area contributed by atoms with Gasteiger partial charge in [-0.25, -0.2) is 8.42 Å². The van der Waals surface area contributed by atoms with Gasteiger partial charge in [0.05, 0.1) is 10.8 Å². The summed E-state index contributed by atoms with van der Waals surface area (Å²) < 4.78 is 27.8.